The van der Waals surface area contributed by atoms with Crippen molar-refractivity contribution in [2.24, 2.45) is 0 Å². The zero-order chi connectivity index (χ0) is 23.3. The van der Waals surface area contributed by atoms with Crippen molar-refractivity contribution in [2.45, 2.75) is 69.5 Å². The highest BCUT2D eigenvalue weighted by atomic mass is 32.2. The minimum Gasteiger partial charge on any atom is -0.353 e. The van der Waals surface area contributed by atoms with Gasteiger partial charge >= 0.3 is 0 Å². The predicted octanol–water partition coefficient (Wildman–Crippen LogP) is 4.48. The van der Waals surface area contributed by atoms with Crippen LogP contribution in [0.4, 0.5) is 14.6 Å². The molecule has 4 heterocycles. The molecule has 2 fully saturated rings. The summed E-state index contributed by atoms with van der Waals surface area (Å²) in [6.07, 6.45) is 1.44. The number of piperazine rings is 1. The second-order valence-electron chi connectivity index (χ2n) is 9.26. The van der Waals surface area contributed by atoms with Gasteiger partial charge in [-0.3, -0.25) is 4.72 Å². The Labute approximate surface area is 198 Å². The first-order valence-electron chi connectivity index (χ1n) is 11.2. The molecule has 1 saturated carbocycles. The Morgan fingerprint density at radius 2 is 1.97 bits per heavy atom. The van der Waals surface area contributed by atoms with Gasteiger partial charge in [0, 0.05) is 35.6 Å². The highest BCUT2D eigenvalue weighted by Gasteiger charge is 2.38. The molecule has 1 aliphatic heterocycles. The van der Waals surface area contributed by atoms with Gasteiger partial charge in [-0.1, -0.05) is 22.0 Å². The van der Waals surface area contributed by atoms with Crippen molar-refractivity contribution in [1.82, 2.24) is 29.9 Å². The van der Waals surface area contributed by atoms with E-state index in [9.17, 15) is 8.78 Å². The quantitative estimate of drug-likeness (QED) is 0.494. The van der Waals surface area contributed by atoms with Gasteiger partial charge in [-0.05, 0) is 58.0 Å². The molecular formula is C22H29F2N7S2. The van der Waals surface area contributed by atoms with E-state index in [1.807, 2.05) is 4.52 Å². The maximum Gasteiger partial charge on any atom is 0.291 e. The fraction of sp³-hybridized carbons (Fsp3) is 0.545. The fourth-order valence-electron chi connectivity index (χ4n) is 4.32. The molecule has 0 radical (unpaired) electrons. The molecule has 2 aliphatic rings. The van der Waals surface area contributed by atoms with Gasteiger partial charge in [-0.15, -0.1) is 10.2 Å². The molecule has 33 heavy (non-hydrogen) atoms. The minimum absolute atomic E-state index is 0.175. The lowest BCUT2D eigenvalue weighted by molar-refractivity contribution is 0.150. The topological polar surface area (TPSA) is 70.4 Å². The fourth-order valence-corrected chi connectivity index (χ4v) is 6.75. The zero-order valence-electron chi connectivity index (χ0n) is 19.2. The number of rotatable bonds is 6. The summed E-state index contributed by atoms with van der Waals surface area (Å²) in [5.41, 5.74) is 1.77. The first-order chi connectivity index (χ1) is 15.8. The van der Waals surface area contributed by atoms with E-state index in [1.165, 1.54) is 12.8 Å². The van der Waals surface area contributed by atoms with Crippen LogP contribution in [-0.4, -0.2) is 55.9 Å². The molecule has 5 rings (SSSR count). The Kier molecular flexibility index (Phi) is 6.00. The summed E-state index contributed by atoms with van der Waals surface area (Å²) in [6, 6.07) is 5.03. The normalized spacial score (nSPS) is 23.5. The molecule has 0 spiro atoms. The van der Waals surface area contributed by atoms with Gasteiger partial charge in [0.1, 0.15) is 5.82 Å². The Morgan fingerprint density at radius 1 is 1.24 bits per heavy atom. The first-order valence-corrected chi connectivity index (χ1v) is 13.3. The SMILES string of the molecule is C/C=S(/NC1(C)CC1)c1cc(N2C[C@H](C)N[C@@H](C)C2)n2ncc(-c3nnc(C(F)F)s3)c2c1. The molecule has 11 heteroatoms. The Bertz CT molecular complexity index is 1190. The zero-order valence-corrected chi connectivity index (χ0v) is 20.8. The van der Waals surface area contributed by atoms with E-state index in [4.69, 9.17) is 0 Å². The Morgan fingerprint density at radius 3 is 2.58 bits per heavy atom. The summed E-state index contributed by atoms with van der Waals surface area (Å²) < 4.78 is 32.0. The number of hydrogen-bond donors (Lipinski definition) is 2. The molecule has 0 aromatic carbocycles. The number of hydrogen-bond acceptors (Lipinski definition) is 7. The lowest BCUT2D eigenvalue weighted by atomic mass is 10.1. The summed E-state index contributed by atoms with van der Waals surface area (Å²) in [4.78, 5) is 3.52. The van der Waals surface area contributed by atoms with Crippen LogP contribution in [0.5, 0.6) is 0 Å². The van der Waals surface area contributed by atoms with Crippen molar-refractivity contribution in [1.29, 1.82) is 0 Å². The maximum absolute atomic E-state index is 13.2. The van der Waals surface area contributed by atoms with Gasteiger partial charge in [0.2, 0.25) is 0 Å². The number of nitrogens with one attached hydrogen (secondary N) is 2. The molecule has 1 unspecified atom stereocenters. The predicted molar refractivity (Wildman–Crippen MR) is 132 cm³/mol. The second kappa shape index (κ2) is 8.68. The van der Waals surface area contributed by atoms with Gasteiger partial charge < -0.3 is 10.2 Å². The molecular weight excluding hydrogens is 464 g/mol. The molecule has 2 N–H and O–H groups in total. The smallest absolute Gasteiger partial charge is 0.291 e. The van der Waals surface area contributed by atoms with E-state index in [-0.39, 0.29) is 21.2 Å². The van der Waals surface area contributed by atoms with Gasteiger partial charge in [0.25, 0.3) is 6.43 Å². The van der Waals surface area contributed by atoms with Crippen molar-refractivity contribution >= 4 is 38.7 Å². The number of nitrogens with zero attached hydrogens (tertiary/aromatic N) is 5. The van der Waals surface area contributed by atoms with Crippen molar-refractivity contribution < 1.29 is 8.78 Å². The third kappa shape index (κ3) is 4.55. The monoisotopic (exact) mass is 493 g/mol. The van der Waals surface area contributed by atoms with Crippen molar-refractivity contribution in [3.05, 3.63) is 23.3 Å². The number of anilines is 1. The largest absolute Gasteiger partial charge is 0.353 e. The van der Waals surface area contributed by atoms with Crippen LogP contribution < -0.4 is 14.9 Å². The summed E-state index contributed by atoms with van der Waals surface area (Å²) in [6.45, 7) is 10.4. The highest BCUT2D eigenvalue weighted by Crippen LogP contribution is 2.42. The molecule has 7 nitrogen and oxygen atoms in total. The average molecular weight is 494 g/mol. The van der Waals surface area contributed by atoms with Crippen molar-refractivity contribution in [2.75, 3.05) is 18.0 Å². The maximum atomic E-state index is 13.2. The summed E-state index contributed by atoms with van der Waals surface area (Å²) in [5.74, 6) is 1.01. The number of aromatic nitrogens is 4. The summed E-state index contributed by atoms with van der Waals surface area (Å²) in [7, 11) is -0.252. The highest BCUT2D eigenvalue weighted by molar-refractivity contribution is 8.13. The molecule has 1 aliphatic carbocycles. The lowest BCUT2D eigenvalue weighted by Crippen LogP contribution is -2.54. The van der Waals surface area contributed by atoms with Gasteiger partial charge in [0.05, 0.1) is 17.3 Å². The molecule has 1 saturated heterocycles. The molecule has 3 atom stereocenters. The lowest BCUT2D eigenvalue weighted by Gasteiger charge is -2.37. The minimum atomic E-state index is -2.63. The number of alkyl halides is 2. The third-order valence-corrected chi connectivity index (χ3v) is 9.05. The van der Waals surface area contributed by atoms with E-state index in [0.29, 0.717) is 17.1 Å². The third-order valence-electron chi connectivity index (χ3n) is 6.16. The van der Waals surface area contributed by atoms with E-state index >= 15 is 0 Å². The number of pyridine rings is 1. The van der Waals surface area contributed by atoms with Crippen LogP contribution in [-0.2, 0) is 0 Å². The molecule has 3 aromatic rings. The van der Waals surface area contributed by atoms with Gasteiger partial charge in [-0.2, -0.15) is 5.10 Å². The van der Waals surface area contributed by atoms with Crippen LogP contribution in [0.2, 0.25) is 0 Å². The second-order valence-corrected chi connectivity index (χ2v) is 12.1. The van der Waals surface area contributed by atoms with Crippen LogP contribution in [0.25, 0.3) is 16.1 Å². The van der Waals surface area contributed by atoms with Crippen molar-refractivity contribution in [3.8, 4) is 10.6 Å². The molecule has 0 amide bonds. The number of halogens is 2. The van der Waals surface area contributed by atoms with Gasteiger partial charge in [0.15, 0.2) is 10.0 Å². The van der Waals surface area contributed by atoms with Crippen LogP contribution in [0.3, 0.4) is 0 Å². The van der Waals surface area contributed by atoms with E-state index < -0.39 is 6.43 Å². The molecule has 0 bridgehead atoms. The first kappa shape index (κ1) is 22.8. The van der Waals surface area contributed by atoms with Crippen LogP contribution in [0.1, 0.15) is 52.0 Å². The summed E-state index contributed by atoms with van der Waals surface area (Å²) >= 11 is 0.925. The van der Waals surface area contributed by atoms with E-state index in [0.717, 1.165) is 46.2 Å². The molecule has 3 aromatic heterocycles. The van der Waals surface area contributed by atoms with Crippen molar-refractivity contribution in [3.63, 3.8) is 0 Å². The van der Waals surface area contributed by atoms with Crippen LogP contribution in [0, 0.1) is 0 Å². The number of fused-ring (bicyclic) bond motifs is 1. The Balaban J connectivity index is 1.65. The van der Waals surface area contributed by atoms with E-state index in [1.54, 1.807) is 6.20 Å². The Hall–Kier alpha value is -1.95. The molecule has 178 valence electrons. The van der Waals surface area contributed by atoms with Crippen LogP contribution in [0.15, 0.2) is 23.2 Å². The van der Waals surface area contributed by atoms with E-state index in [2.05, 4.69) is 75.4 Å². The standard InChI is InChI=1S/C22H29F2N7S2/c1-5-33(29-22(4)6-7-22)15-8-17-16(20-27-28-21(32-20)19(23)24)10-25-31(17)18(9-15)30-11-13(2)26-14(3)12-30/h5,8-10,13-14,19,26,29H,6-7,11-12H2,1-4H3/t13-,14-,33?/m0/s1. The summed E-state index contributed by atoms with van der Waals surface area (Å²) in [5, 5.41) is 18.4. The van der Waals surface area contributed by atoms with Crippen LogP contribution >= 0.6 is 22.0 Å². The average Bonchev–Trinajstić information content (AvgIpc) is 3.16. The van der Waals surface area contributed by atoms with Gasteiger partial charge in [-0.25, -0.2) is 13.3 Å².